The van der Waals surface area contributed by atoms with Crippen molar-refractivity contribution in [3.63, 3.8) is 0 Å². The van der Waals surface area contributed by atoms with Crippen molar-refractivity contribution in [3.8, 4) is 0 Å². The Morgan fingerprint density at radius 1 is 1.33 bits per heavy atom. The lowest BCUT2D eigenvalue weighted by atomic mass is 10.2. The number of aromatic nitrogens is 1. The van der Waals surface area contributed by atoms with Gasteiger partial charge in [-0.15, -0.1) is 11.3 Å². The van der Waals surface area contributed by atoms with E-state index in [9.17, 15) is 9.50 Å². The zero-order valence-electron chi connectivity index (χ0n) is 7.52. The van der Waals surface area contributed by atoms with Gasteiger partial charge in [0.1, 0.15) is 11.9 Å². The van der Waals surface area contributed by atoms with E-state index in [0.29, 0.717) is 14.9 Å². The van der Waals surface area contributed by atoms with E-state index in [0.717, 1.165) is 6.20 Å². The third-order valence-electron chi connectivity index (χ3n) is 1.89. The van der Waals surface area contributed by atoms with Crippen LogP contribution in [-0.2, 0) is 0 Å². The second-order valence-corrected chi connectivity index (χ2v) is 4.69. The van der Waals surface area contributed by atoms with Crippen LogP contribution < -0.4 is 0 Å². The van der Waals surface area contributed by atoms with E-state index >= 15 is 0 Å². The van der Waals surface area contributed by atoms with Crippen molar-refractivity contribution in [1.29, 1.82) is 0 Å². The number of thiophene rings is 1. The van der Waals surface area contributed by atoms with Crippen LogP contribution in [0.2, 0.25) is 4.34 Å². The standard InChI is InChI=1S/C10H7ClFNOS/c11-9-4-3-8(15-9)10(14)7-2-1-6(12)5-13-7/h1-5,10,14H. The fourth-order valence-corrected chi connectivity index (χ4v) is 2.23. The lowest BCUT2D eigenvalue weighted by molar-refractivity contribution is 0.219. The van der Waals surface area contributed by atoms with Gasteiger partial charge >= 0.3 is 0 Å². The van der Waals surface area contributed by atoms with Crippen molar-refractivity contribution < 1.29 is 9.50 Å². The third kappa shape index (κ3) is 2.34. The maximum atomic E-state index is 12.6. The number of rotatable bonds is 2. The molecule has 1 atom stereocenters. The number of halogens is 2. The number of hydrogen-bond donors (Lipinski definition) is 1. The van der Waals surface area contributed by atoms with Crippen LogP contribution in [0.15, 0.2) is 30.5 Å². The summed E-state index contributed by atoms with van der Waals surface area (Å²) < 4.78 is 13.2. The highest BCUT2D eigenvalue weighted by molar-refractivity contribution is 7.16. The molecule has 2 heterocycles. The minimum atomic E-state index is -0.844. The van der Waals surface area contributed by atoms with Gasteiger partial charge in [0.25, 0.3) is 0 Å². The molecule has 0 aromatic carbocycles. The van der Waals surface area contributed by atoms with E-state index in [1.807, 2.05) is 0 Å². The lowest BCUT2D eigenvalue weighted by Crippen LogP contribution is -1.99. The van der Waals surface area contributed by atoms with Crippen LogP contribution in [0.5, 0.6) is 0 Å². The van der Waals surface area contributed by atoms with Gasteiger partial charge in [0.2, 0.25) is 0 Å². The second kappa shape index (κ2) is 4.26. The molecule has 1 unspecified atom stereocenters. The highest BCUT2D eigenvalue weighted by Crippen LogP contribution is 2.29. The molecule has 2 aromatic rings. The zero-order chi connectivity index (χ0) is 10.8. The van der Waals surface area contributed by atoms with Crippen LogP contribution in [0.1, 0.15) is 16.7 Å². The van der Waals surface area contributed by atoms with Crippen molar-refractivity contribution in [1.82, 2.24) is 4.98 Å². The van der Waals surface area contributed by atoms with Crippen molar-refractivity contribution in [2.24, 2.45) is 0 Å². The molecule has 78 valence electrons. The van der Waals surface area contributed by atoms with Crippen molar-refractivity contribution >= 4 is 22.9 Å². The molecular formula is C10H7ClFNOS. The Labute approximate surface area is 95.0 Å². The number of hydrogen-bond acceptors (Lipinski definition) is 3. The molecule has 0 aliphatic carbocycles. The Morgan fingerprint density at radius 2 is 2.13 bits per heavy atom. The van der Waals surface area contributed by atoms with Gasteiger partial charge in [-0.2, -0.15) is 0 Å². The maximum absolute atomic E-state index is 12.6. The van der Waals surface area contributed by atoms with E-state index in [2.05, 4.69) is 4.98 Å². The first-order valence-electron chi connectivity index (χ1n) is 4.21. The molecule has 0 spiro atoms. The Hall–Kier alpha value is -0.970. The molecule has 2 aromatic heterocycles. The molecule has 0 saturated heterocycles. The smallest absolute Gasteiger partial charge is 0.141 e. The van der Waals surface area contributed by atoms with Crippen LogP contribution in [0, 0.1) is 5.82 Å². The fraction of sp³-hybridized carbons (Fsp3) is 0.100. The Bertz CT molecular complexity index is 457. The summed E-state index contributed by atoms with van der Waals surface area (Å²) in [6.45, 7) is 0. The summed E-state index contributed by atoms with van der Waals surface area (Å²) >= 11 is 7.02. The van der Waals surface area contributed by atoms with Gasteiger partial charge in [0, 0.05) is 4.88 Å². The van der Waals surface area contributed by atoms with Gasteiger partial charge < -0.3 is 5.11 Å². The lowest BCUT2D eigenvalue weighted by Gasteiger charge is -2.06. The summed E-state index contributed by atoms with van der Waals surface area (Å²) in [6.07, 6.45) is 0.233. The molecule has 15 heavy (non-hydrogen) atoms. The monoisotopic (exact) mass is 243 g/mol. The van der Waals surface area contributed by atoms with Gasteiger partial charge in [-0.25, -0.2) is 4.39 Å². The Kier molecular flexibility index (Phi) is 3.00. The predicted molar refractivity (Wildman–Crippen MR) is 57.6 cm³/mol. The first-order chi connectivity index (χ1) is 7.16. The Morgan fingerprint density at radius 3 is 2.67 bits per heavy atom. The fourth-order valence-electron chi connectivity index (χ4n) is 1.17. The maximum Gasteiger partial charge on any atom is 0.141 e. The summed E-state index contributed by atoms with van der Waals surface area (Å²) in [4.78, 5) is 4.50. The van der Waals surface area contributed by atoms with Crippen LogP contribution >= 0.6 is 22.9 Å². The molecule has 1 N–H and O–H groups in total. The average Bonchev–Trinajstić information content (AvgIpc) is 2.65. The molecule has 2 nitrogen and oxygen atoms in total. The number of nitrogens with zero attached hydrogens (tertiary/aromatic N) is 1. The molecule has 0 bridgehead atoms. The van der Waals surface area contributed by atoms with Gasteiger partial charge in [-0.1, -0.05) is 11.6 Å². The molecule has 0 aliphatic rings. The highest BCUT2D eigenvalue weighted by Gasteiger charge is 2.13. The zero-order valence-corrected chi connectivity index (χ0v) is 9.10. The first-order valence-corrected chi connectivity index (χ1v) is 5.41. The van der Waals surface area contributed by atoms with Crippen molar-refractivity contribution in [2.75, 3.05) is 0 Å². The van der Waals surface area contributed by atoms with Gasteiger partial charge in [-0.3, -0.25) is 4.98 Å². The largest absolute Gasteiger partial charge is 0.381 e. The van der Waals surface area contributed by atoms with E-state index in [1.165, 1.54) is 23.5 Å². The van der Waals surface area contributed by atoms with E-state index in [1.54, 1.807) is 12.1 Å². The molecular weight excluding hydrogens is 237 g/mol. The first kappa shape index (κ1) is 10.5. The molecule has 2 rings (SSSR count). The molecule has 0 saturated carbocycles. The van der Waals surface area contributed by atoms with E-state index in [-0.39, 0.29) is 0 Å². The van der Waals surface area contributed by atoms with Crippen molar-refractivity contribution in [3.05, 3.63) is 51.2 Å². The van der Waals surface area contributed by atoms with Gasteiger partial charge in [0.15, 0.2) is 0 Å². The van der Waals surface area contributed by atoms with Crippen molar-refractivity contribution in [2.45, 2.75) is 6.10 Å². The second-order valence-electron chi connectivity index (χ2n) is 2.95. The SMILES string of the molecule is OC(c1ccc(F)cn1)c1ccc(Cl)s1. The van der Waals surface area contributed by atoms with Crippen LogP contribution in [0.4, 0.5) is 4.39 Å². The normalized spacial score (nSPS) is 12.7. The quantitative estimate of drug-likeness (QED) is 0.880. The molecule has 0 radical (unpaired) electrons. The number of aliphatic hydroxyl groups excluding tert-OH is 1. The van der Waals surface area contributed by atoms with Crippen LogP contribution in [0.3, 0.4) is 0 Å². The van der Waals surface area contributed by atoms with Crippen LogP contribution in [-0.4, -0.2) is 10.1 Å². The molecule has 0 amide bonds. The van der Waals surface area contributed by atoms with E-state index in [4.69, 9.17) is 11.6 Å². The minimum absolute atomic E-state index is 0.412. The highest BCUT2D eigenvalue weighted by atomic mass is 35.5. The van der Waals surface area contributed by atoms with Crippen LogP contribution in [0.25, 0.3) is 0 Å². The summed E-state index contributed by atoms with van der Waals surface area (Å²) in [5.41, 5.74) is 0.412. The summed E-state index contributed by atoms with van der Waals surface area (Å²) in [5, 5.41) is 9.86. The summed E-state index contributed by atoms with van der Waals surface area (Å²) in [5.74, 6) is -0.421. The summed E-state index contributed by atoms with van der Waals surface area (Å²) in [6, 6.07) is 6.14. The van der Waals surface area contributed by atoms with Gasteiger partial charge in [0.05, 0.1) is 16.2 Å². The predicted octanol–water partition coefficient (Wildman–Crippen LogP) is 3.02. The molecule has 5 heteroatoms. The average molecular weight is 244 g/mol. The summed E-state index contributed by atoms with van der Waals surface area (Å²) in [7, 11) is 0. The molecule has 0 fully saturated rings. The number of pyridine rings is 1. The van der Waals surface area contributed by atoms with E-state index < -0.39 is 11.9 Å². The third-order valence-corrected chi connectivity index (χ3v) is 3.18. The Balaban J connectivity index is 2.28. The topological polar surface area (TPSA) is 33.1 Å². The van der Waals surface area contributed by atoms with Gasteiger partial charge in [-0.05, 0) is 24.3 Å². The minimum Gasteiger partial charge on any atom is -0.381 e. The molecule has 0 aliphatic heterocycles. The number of aliphatic hydroxyl groups is 1.